The monoisotopic (exact) mass is 250 g/mol. The molecule has 0 fully saturated rings. The largest absolute Gasteiger partial charge is 0.454 e. The van der Waals surface area contributed by atoms with Crippen molar-refractivity contribution in [2.75, 3.05) is 20.0 Å². The predicted molar refractivity (Wildman–Crippen MR) is 71.2 cm³/mol. The zero-order chi connectivity index (χ0) is 12.6. The second-order valence-electron chi connectivity index (χ2n) is 4.61. The number of hydrogen-bond donors (Lipinski definition) is 0. The van der Waals surface area contributed by atoms with Crippen LogP contribution in [0, 0.1) is 0 Å². The smallest absolute Gasteiger partial charge is 0.231 e. The zero-order valence-electron chi connectivity index (χ0n) is 11.1. The third-order valence-corrected chi connectivity index (χ3v) is 3.04. The summed E-state index contributed by atoms with van der Waals surface area (Å²) >= 11 is 0. The first-order valence-corrected chi connectivity index (χ1v) is 6.86. The molecular formula is C15H22O3. The van der Waals surface area contributed by atoms with Gasteiger partial charge in [0.05, 0.1) is 0 Å². The fourth-order valence-corrected chi connectivity index (χ4v) is 2.05. The number of fused-ring (bicyclic) bond motifs is 1. The predicted octanol–water partition coefficient (Wildman–Crippen LogP) is 3.55. The maximum atomic E-state index is 5.46. The normalized spacial score (nSPS) is 12.9. The van der Waals surface area contributed by atoms with Gasteiger partial charge in [-0.15, -0.1) is 0 Å². The van der Waals surface area contributed by atoms with E-state index < -0.39 is 0 Å². The number of aryl methyl sites for hydroxylation is 1. The average molecular weight is 250 g/mol. The van der Waals surface area contributed by atoms with Crippen molar-refractivity contribution in [2.24, 2.45) is 0 Å². The Morgan fingerprint density at radius 1 is 1.06 bits per heavy atom. The molecule has 0 saturated heterocycles. The maximum absolute atomic E-state index is 5.46. The number of rotatable bonds is 8. The summed E-state index contributed by atoms with van der Waals surface area (Å²) in [7, 11) is 0. The quantitative estimate of drug-likeness (QED) is 0.660. The van der Waals surface area contributed by atoms with Crippen LogP contribution in [0.2, 0.25) is 0 Å². The van der Waals surface area contributed by atoms with Gasteiger partial charge in [0.25, 0.3) is 0 Å². The zero-order valence-corrected chi connectivity index (χ0v) is 11.1. The average Bonchev–Trinajstić information content (AvgIpc) is 2.85. The van der Waals surface area contributed by atoms with Crippen LogP contribution in [0.4, 0.5) is 0 Å². The number of benzene rings is 1. The standard InChI is InChI=1S/C15H22O3/c1-2-9-16-10-5-3-4-6-13-7-8-14-15(11-13)18-12-17-14/h7-8,11H,2-6,9-10,12H2,1H3. The summed E-state index contributed by atoms with van der Waals surface area (Å²) in [6.45, 7) is 4.28. The van der Waals surface area contributed by atoms with Crippen LogP contribution in [0.15, 0.2) is 18.2 Å². The Morgan fingerprint density at radius 3 is 2.83 bits per heavy atom. The SMILES string of the molecule is CCCOCCCCCc1ccc2c(c1)OCO2. The molecule has 1 aromatic rings. The Morgan fingerprint density at radius 2 is 1.94 bits per heavy atom. The lowest BCUT2D eigenvalue weighted by atomic mass is 10.1. The van der Waals surface area contributed by atoms with Gasteiger partial charge in [-0.1, -0.05) is 19.4 Å². The minimum Gasteiger partial charge on any atom is -0.454 e. The Bertz CT molecular complexity index is 363. The van der Waals surface area contributed by atoms with Gasteiger partial charge in [0.1, 0.15) is 0 Å². The molecule has 0 saturated carbocycles. The Kier molecular flexibility index (Phi) is 5.34. The van der Waals surface area contributed by atoms with Crippen molar-refractivity contribution in [1.82, 2.24) is 0 Å². The van der Waals surface area contributed by atoms with E-state index in [0.717, 1.165) is 44.0 Å². The second-order valence-corrected chi connectivity index (χ2v) is 4.61. The highest BCUT2D eigenvalue weighted by atomic mass is 16.7. The molecule has 0 amide bonds. The van der Waals surface area contributed by atoms with Crippen LogP contribution in [0.5, 0.6) is 11.5 Å². The van der Waals surface area contributed by atoms with E-state index in [4.69, 9.17) is 14.2 Å². The van der Waals surface area contributed by atoms with Gasteiger partial charge in [0.2, 0.25) is 6.79 Å². The Labute approximate surface area is 109 Å². The number of hydrogen-bond acceptors (Lipinski definition) is 3. The molecule has 1 aliphatic rings. The first kappa shape index (κ1) is 13.2. The molecule has 0 atom stereocenters. The first-order chi connectivity index (χ1) is 8.90. The number of ether oxygens (including phenoxy) is 3. The molecule has 0 bridgehead atoms. The molecular weight excluding hydrogens is 228 g/mol. The van der Waals surface area contributed by atoms with Gasteiger partial charge in [-0.05, 0) is 43.4 Å². The molecule has 1 aromatic carbocycles. The van der Waals surface area contributed by atoms with Gasteiger partial charge in [-0.3, -0.25) is 0 Å². The van der Waals surface area contributed by atoms with Gasteiger partial charge in [-0.2, -0.15) is 0 Å². The molecule has 100 valence electrons. The van der Waals surface area contributed by atoms with Crippen LogP contribution < -0.4 is 9.47 Å². The Balaban J connectivity index is 1.62. The summed E-state index contributed by atoms with van der Waals surface area (Å²) in [5.41, 5.74) is 1.33. The fourth-order valence-electron chi connectivity index (χ4n) is 2.05. The van der Waals surface area contributed by atoms with E-state index in [1.807, 2.05) is 6.07 Å². The molecule has 1 heterocycles. The van der Waals surface area contributed by atoms with E-state index in [1.54, 1.807) is 0 Å². The highest BCUT2D eigenvalue weighted by Crippen LogP contribution is 2.32. The summed E-state index contributed by atoms with van der Waals surface area (Å²) in [6.07, 6.45) is 5.79. The third-order valence-electron chi connectivity index (χ3n) is 3.04. The van der Waals surface area contributed by atoms with Crippen molar-refractivity contribution in [2.45, 2.75) is 39.0 Å². The Hall–Kier alpha value is -1.22. The lowest BCUT2D eigenvalue weighted by molar-refractivity contribution is 0.130. The van der Waals surface area contributed by atoms with Gasteiger partial charge >= 0.3 is 0 Å². The van der Waals surface area contributed by atoms with Crippen molar-refractivity contribution in [3.05, 3.63) is 23.8 Å². The van der Waals surface area contributed by atoms with E-state index in [0.29, 0.717) is 6.79 Å². The van der Waals surface area contributed by atoms with Crippen LogP contribution in [0.3, 0.4) is 0 Å². The molecule has 0 radical (unpaired) electrons. The molecule has 2 rings (SSSR count). The van der Waals surface area contributed by atoms with Crippen LogP contribution in [0.25, 0.3) is 0 Å². The molecule has 0 aromatic heterocycles. The molecule has 0 spiro atoms. The second kappa shape index (κ2) is 7.27. The molecule has 0 N–H and O–H groups in total. The summed E-state index contributed by atoms with van der Waals surface area (Å²) in [6, 6.07) is 6.22. The van der Waals surface area contributed by atoms with Crippen LogP contribution in [-0.2, 0) is 11.2 Å². The minimum atomic E-state index is 0.355. The van der Waals surface area contributed by atoms with Crippen LogP contribution >= 0.6 is 0 Å². The minimum absolute atomic E-state index is 0.355. The molecule has 0 unspecified atom stereocenters. The van der Waals surface area contributed by atoms with Crippen LogP contribution in [-0.4, -0.2) is 20.0 Å². The van der Waals surface area contributed by atoms with Crippen molar-refractivity contribution in [3.8, 4) is 11.5 Å². The molecule has 1 aliphatic heterocycles. The summed E-state index contributed by atoms with van der Waals surface area (Å²) in [4.78, 5) is 0. The van der Waals surface area contributed by atoms with Crippen LogP contribution in [0.1, 0.15) is 38.2 Å². The number of unbranched alkanes of at least 4 members (excludes halogenated alkanes) is 2. The lowest BCUT2D eigenvalue weighted by Gasteiger charge is -2.04. The van der Waals surface area contributed by atoms with Crippen molar-refractivity contribution >= 4 is 0 Å². The van der Waals surface area contributed by atoms with Crippen molar-refractivity contribution in [1.29, 1.82) is 0 Å². The van der Waals surface area contributed by atoms with E-state index in [2.05, 4.69) is 19.1 Å². The molecule has 18 heavy (non-hydrogen) atoms. The van der Waals surface area contributed by atoms with Crippen molar-refractivity contribution in [3.63, 3.8) is 0 Å². The van der Waals surface area contributed by atoms with E-state index in [-0.39, 0.29) is 0 Å². The first-order valence-electron chi connectivity index (χ1n) is 6.86. The van der Waals surface area contributed by atoms with Gasteiger partial charge < -0.3 is 14.2 Å². The van der Waals surface area contributed by atoms with E-state index in [1.165, 1.54) is 18.4 Å². The summed E-state index contributed by atoms with van der Waals surface area (Å²) < 4.78 is 16.1. The summed E-state index contributed by atoms with van der Waals surface area (Å²) in [5, 5.41) is 0. The lowest BCUT2D eigenvalue weighted by Crippen LogP contribution is -1.96. The fraction of sp³-hybridized carbons (Fsp3) is 0.600. The third kappa shape index (κ3) is 3.91. The van der Waals surface area contributed by atoms with E-state index in [9.17, 15) is 0 Å². The molecule has 3 nitrogen and oxygen atoms in total. The highest BCUT2D eigenvalue weighted by molar-refractivity contribution is 5.44. The van der Waals surface area contributed by atoms with Crippen molar-refractivity contribution < 1.29 is 14.2 Å². The topological polar surface area (TPSA) is 27.7 Å². The maximum Gasteiger partial charge on any atom is 0.231 e. The molecule has 3 heteroatoms. The van der Waals surface area contributed by atoms with Gasteiger partial charge in [-0.25, -0.2) is 0 Å². The van der Waals surface area contributed by atoms with Gasteiger partial charge in [0, 0.05) is 13.2 Å². The molecule has 0 aliphatic carbocycles. The summed E-state index contributed by atoms with van der Waals surface area (Å²) in [5.74, 6) is 1.76. The highest BCUT2D eigenvalue weighted by Gasteiger charge is 2.12. The van der Waals surface area contributed by atoms with E-state index >= 15 is 0 Å². The van der Waals surface area contributed by atoms with Gasteiger partial charge in [0.15, 0.2) is 11.5 Å².